The standard InChI is InChI=1S/C26H23ClN2O6/c1-3-14-8-25(31)35-22-11-23(18(27)9-16(14)22)34-13-24(30)29-12-20-17(10-21(29)26(32)33-2)15-6-4-5-7-19(15)28-20/h4-9,11,21,28H,3,10,12-13H2,1-2H3/t21-/m0/s1. The van der Waals surface area contributed by atoms with Crippen LogP contribution < -0.4 is 10.4 Å². The zero-order chi connectivity index (χ0) is 24.7. The summed E-state index contributed by atoms with van der Waals surface area (Å²) < 4.78 is 16.0. The van der Waals surface area contributed by atoms with Gasteiger partial charge in [-0.25, -0.2) is 9.59 Å². The van der Waals surface area contributed by atoms with Crippen molar-refractivity contribution >= 4 is 45.3 Å². The van der Waals surface area contributed by atoms with Crippen LogP contribution in [0.15, 0.2) is 51.7 Å². The molecule has 2 aromatic carbocycles. The number of esters is 1. The van der Waals surface area contributed by atoms with Crippen LogP contribution in [0, 0.1) is 0 Å². The van der Waals surface area contributed by atoms with Gasteiger partial charge in [-0.1, -0.05) is 36.7 Å². The van der Waals surface area contributed by atoms with E-state index in [2.05, 4.69) is 4.98 Å². The number of hydrogen-bond donors (Lipinski definition) is 1. The number of aryl methyl sites for hydroxylation is 1. The lowest BCUT2D eigenvalue weighted by atomic mass is 9.96. The molecule has 1 amide bonds. The van der Waals surface area contributed by atoms with Gasteiger partial charge in [0, 0.05) is 40.5 Å². The first kappa shape index (κ1) is 23.0. The quantitative estimate of drug-likeness (QED) is 0.332. The lowest BCUT2D eigenvalue weighted by Gasteiger charge is -2.33. The Hall–Kier alpha value is -3.78. The molecule has 1 atom stereocenters. The monoisotopic (exact) mass is 494 g/mol. The number of benzene rings is 2. The molecule has 1 N–H and O–H groups in total. The highest BCUT2D eigenvalue weighted by Crippen LogP contribution is 2.33. The van der Waals surface area contributed by atoms with Gasteiger partial charge in [0.1, 0.15) is 17.4 Å². The first-order chi connectivity index (χ1) is 16.9. The van der Waals surface area contributed by atoms with Gasteiger partial charge in [0.25, 0.3) is 5.91 Å². The molecule has 1 aliphatic heterocycles. The molecule has 3 heterocycles. The maximum atomic E-state index is 13.2. The number of ether oxygens (including phenoxy) is 2. The van der Waals surface area contributed by atoms with Gasteiger partial charge >= 0.3 is 11.6 Å². The van der Waals surface area contributed by atoms with E-state index in [4.69, 9.17) is 25.5 Å². The van der Waals surface area contributed by atoms with E-state index in [-0.39, 0.29) is 23.9 Å². The normalized spacial score (nSPS) is 15.3. The number of nitrogens with one attached hydrogen (secondary N) is 1. The second-order valence-corrected chi connectivity index (χ2v) is 8.81. The molecule has 9 heteroatoms. The van der Waals surface area contributed by atoms with Gasteiger partial charge in [0.05, 0.1) is 18.7 Å². The summed E-state index contributed by atoms with van der Waals surface area (Å²) in [6.07, 6.45) is 0.968. The molecule has 180 valence electrons. The molecule has 4 aromatic rings. The molecule has 0 fully saturated rings. The molecule has 8 nitrogen and oxygen atoms in total. The van der Waals surface area contributed by atoms with Crippen LogP contribution in [-0.2, 0) is 33.7 Å². The highest BCUT2D eigenvalue weighted by atomic mass is 35.5. The van der Waals surface area contributed by atoms with Gasteiger partial charge < -0.3 is 23.8 Å². The number of methoxy groups -OCH3 is 1. The number of nitrogens with zero attached hydrogens (tertiary/aromatic N) is 1. The van der Waals surface area contributed by atoms with E-state index in [9.17, 15) is 14.4 Å². The average Bonchev–Trinajstić information content (AvgIpc) is 3.23. The molecule has 0 radical (unpaired) electrons. The molecule has 2 aromatic heterocycles. The number of halogens is 1. The number of carbonyl (C=O) groups is 2. The summed E-state index contributed by atoms with van der Waals surface area (Å²) in [4.78, 5) is 42.5. The summed E-state index contributed by atoms with van der Waals surface area (Å²) in [5, 5.41) is 2.02. The van der Waals surface area contributed by atoms with Gasteiger partial charge in [-0.2, -0.15) is 0 Å². The zero-order valence-corrected chi connectivity index (χ0v) is 20.0. The Bertz CT molecular complexity index is 1520. The molecule has 5 rings (SSSR count). The zero-order valence-electron chi connectivity index (χ0n) is 19.2. The van der Waals surface area contributed by atoms with Crippen molar-refractivity contribution in [1.82, 2.24) is 9.88 Å². The minimum atomic E-state index is -0.778. The summed E-state index contributed by atoms with van der Waals surface area (Å²) in [6.45, 7) is 1.79. The van der Waals surface area contributed by atoms with Crippen LogP contribution in [0.1, 0.15) is 23.7 Å². The predicted molar refractivity (Wildman–Crippen MR) is 131 cm³/mol. The van der Waals surface area contributed by atoms with Crippen molar-refractivity contribution in [3.8, 4) is 5.75 Å². The first-order valence-electron chi connectivity index (χ1n) is 11.2. The van der Waals surface area contributed by atoms with Gasteiger partial charge in [0.15, 0.2) is 6.61 Å². The number of aromatic nitrogens is 1. The van der Waals surface area contributed by atoms with E-state index in [1.165, 1.54) is 24.1 Å². The first-order valence-corrected chi connectivity index (χ1v) is 11.6. The number of fused-ring (bicyclic) bond motifs is 4. The minimum Gasteiger partial charge on any atom is -0.482 e. The largest absolute Gasteiger partial charge is 0.482 e. The predicted octanol–water partition coefficient (Wildman–Crippen LogP) is 4.00. The van der Waals surface area contributed by atoms with Crippen LogP contribution in [0.4, 0.5) is 0 Å². The number of para-hydroxylation sites is 1. The van der Waals surface area contributed by atoms with Crippen molar-refractivity contribution in [2.45, 2.75) is 32.4 Å². The van der Waals surface area contributed by atoms with E-state index in [1.807, 2.05) is 31.2 Å². The SMILES string of the molecule is CCc1cc(=O)oc2cc(OCC(=O)N3Cc4[nH]c5ccccc5c4C[C@H]3C(=O)OC)c(Cl)cc12. The van der Waals surface area contributed by atoms with Gasteiger partial charge in [-0.3, -0.25) is 4.79 Å². The average molecular weight is 495 g/mol. The minimum absolute atomic E-state index is 0.210. The third-order valence-corrected chi connectivity index (χ3v) is 6.71. The topological polar surface area (TPSA) is 102 Å². The van der Waals surface area contributed by atoms with Crippen LogP contribution in [-0.4, -0.2) is 41.5 Å². The Morgan fingerprint density at radius 2 is 2.00 bits per heavy atom. The second kappa shape index (κ2) is 9.11. The van der Waals surface area contributed by atoms with Gasteiger partial charge in [-0.15, -0.1) is 0 Å². The molecule has 0 aliphatic carbocycles. The molecule has 0 unspecified atom stereocenters. The van der Waals surface area contributed by atoms with Crippen molar-refractivity contribution in [3.05, 3.63) is 74.7 Å². The molecular formula is C26H23ClN2O6. The Morgan fingerprint density at radius 1 is 1.20 bits per heavy atom. The van der Waals surface area contributed by atoms with E-state index in [0.29, 0.717) is 23.8 Å². The fraction of sp³-hybridized carbons (Fsp3) is 0.269. The lowest BCUT2D eigenvalue weighted by molar-refractivity contribution is -0.154. The third-order valence-electron chi connectivity index (χ3n) is 6.41. The summed E-state index contributed by atoms with van der Waals surface area (Å²) in [5.41, 5.74) is 3.49. The van der Waals surface area contributed by atoms with Crippen LogP contribution >= 0.6 is 11.6 Å². The Labute approximate surface area is 205 Å². The number of aromatic amines is 1. The van der Waals surface area contributed by atoms with Crippen molar-refractivity contribution in [3.63, 3.8) is 0 Å². The van der Waals surface area contributed by atoms with E-state index < -0.39 is 23.5 Å². The van der Waals surface area contributed by atoms with E-state index >= 15 is 0 Å². The summed E-state index contributed by atoms with van der Waals surface area (Å²) in [6, 6.07) is 11.6. The number of H-pyrrole nitrogens is 1. The highest BCUT2D eigenvalue weighted by molar-refractivity contribution is 6.32. The van der Waals surface area contributed by atoms with Gasteiger partial charge in [-0.05, 0) is 29.7 Å². The molecule has 0 saturated carbocycles. The summed E-state index contributed by atoms with van der Waals surface area (Å²) >= 11 is 6.41. The summed E-state index contributed by atoms with van der Waals surface area (Å²) in [5.74, 6) is -0.682. The molecule has 1 aliphatic rings. The van der Waals surface area contributed by atoms with E-state index in [0.717, 1.165) is 27.7 Å². The second-order valence-electron chi connectivity index (χ2n) is 8.40. The number of amides is 1. The Morgan fingerprint density at radius 3 is 2.77 bits per heavy atom. The van der Waals surface area contributed by atoms with Crippen molar-refractivity contribution in [1.29, 1.82) is 0 Å². The van der Waals surface area contributed by atoms with Crippen molar-refractivity contribution < 1.29 is 23.5 Å². The molecule has 35 heavy (non-hydrogen) atoms. The maximum Gasteiger partial charge on any atom is 0.336 e. The van der Waals surface area contributed by atoms with Crippen molar-refractivity contribution in [2.24, 2.45) is 0 Å². The molecular weight excluding hydrogens is 472 g/mol. The molecule has 0 saturated heterocycles. The van der Waals surface area contributed by atoms with Crippen LogP contribution in [0.5, 0.6) is 5.75 Å². The maximum absolute atomic E-state index is 13.2. The van der Waals surface area contributed by atoms with Crippen LogP contribution in [0.25, 0.3) is 21.9 Å². The number of hydrogen-bond acceptors (Lipinski definition) is 6. The summed E-state index contributed by atoms with van der Waals surface area (Å²) in [7, 11) is 1.30. The van der Waals surface area contributed by atoms with Crippen LogP contribution in [0.2, 0.25) is 5.02 Å². The number of carbonyl (C=O) groups excluding carboxylic acids is 2. The highest BCUT2D eigenvalue weighted by Gasteiger charge is 2.37. The third kappa shape index (κ3) is 4.14. The Kier molecular flexibility index (Phi) is 5.98. The van der Waals surface area contributed by atoms with E-state index in [1.54, 1.807) is 6.07 Å². The van der Waals surface area contributed by atoms with Crippen LogP contribution in [0.3, 0.4) is 0 Å². The smallest absolute Gasteiger partial charge is 0.336 e. The molecule has 0 spiro atoms. The lowest BCUT2D eigenvalue weighted by Crippen LogP contribution is -2.50. The Balaban J connectivity index is 1.41. The fourth-order valence-electron chi connectivity index (χ4n) is 4.67. The molecule has 0 bridgehead atoms. The number of rotatable bonds is 5. The van der Waals surface area contributed by atoms with Gasteiger partial charge in [0.2, 0.25) is 0 Å². The fourth-order valence-corrected chi connectivity index (χ4v) is 4.89. The van der Waals surface area contributed by atoms with Crippen molar-refractivity contribution in [2.75, 3.05) is 13.7 Å².